The van der Waals surface area contributed by atoms with Crippen LogP contribution in [0, 0.1) is 5.82 Å². The van der Waals surface area contributed by atoms with Gasteiger partial charge in [-0.15, -0.1) is 0 Å². The molecule has 3 nitrogen and oxygen atoms in total. The molecule has 0 aliphatic carbocycles. The molecule has 1 heterocycles. The second kappa shape index (κ2) is 5.25. The molecule has 2 amide bonds. The highest BCUT2D eigenvalue weighted by Crippen LogP contribution is 2.29. The molecule has 3 rings (SSSR count). The van der Waals surface area contributed by atoms with Crippen LogP contribution < -0.4 is 5.32 Å². The fourth-order valence-corrected chi connectivity index (χ4v) is 2.83. The van der Waals surface area contributed by atoms with Crippen LogP contribution in [0.1, 0.15) is 11.1 Å². The van der Waals surface area contributed by atoms with Gasteiger partial charge >= 0.3 is 6.03 Å². The van der Waals surface area contributed by atoms with Crippen LogP contribution in [-0.4, -0.2) is 10.9 Å². The third kappa shape index (κ3) is 2.54. The summed E-state index contributed by atoms with van der Waals surface area (Å²) >= 11 is 3.49. The van der Waals surface area contributed by atoms with Gasteiger partial charge in [0.1, 0.15) is 5.82 Å². The smallest absolute Gasteiger partial charge is 0.316 e. The van der Waals surface area contributed by atoms with Crippen LogP contribution >= 0.6 is 15.9 Å². The Bertz CT molecular complexity index is 675. The minimum absolute atomic E-state index is 0.223. The van der Waals surface area contributed by atoms with Gasteiger partial charge in [0.2, 0.25) is 0 Å². The third-order valence-corrected chi connectivity index (χ3v) is 4.03. The molecule has 2 aromatic rings. The first kappa shape index (κ1) is 13.1. The Morgan fingerprint density at radius 1 is 1.20 bits per heavy atom. The van der Waals surface area contributed by atoms with E-state index in [1.165, 1.54) is 12.1 Å². The highest BCUT2D eigenvalue weighted by atomic mass is 79.9. The second-order valence-corrected chi connectivity index (χ2v) is 5.53. The summed E-state index contributed by atoms with van der Waals surface area (Å²) in [5, 5.41) is 2.71. The van der Waals surface area contributed by atoms with Crippen molar-refractivity contribution in [3.63, 3.8) is 0 Å². The largest absolute Gasteiger partial charge is 0.322 e. The molecule has 0 radical (unpaired) electrons. The topological polar surface area (TPSA) is 32.3 Å². The maximum atomic E-state index is 13.1. The van der Waals surface area contributed by atoms with Crippen molar-refractivity contribution in [1.82, 2.24) is 4.90 Å². The van der Waals surface area contributed by atoms with Gasteiger partial charge < -0.3 is 10.2 Å². The number of amides is 2. The number of hydrogen-bond donors (Lipinski definition) is 1. The Hall–Kier alpha value is -1.88. The van der Waals surface area contributed by atoms with Gasteiger partial charge in [-0.1, -0.05) is 34.1 Å². The van der Waals surface area contributed by atoms with E-state index in [0.29, 0.717) is 18.8 Å². The maximum Gasteiger partial charge on any atom is 0.322 e. The van der Waals surface area contributed by atoms with Crippen LogP contribution in [0.5, 0.6) is 0 Å². The van der Waals surface area contributed by atoms with Crippen molar-refractivity contribution >= 4 is 27.6 Å². The fraction of sp³-hybridized carbons (Fsp3) is 0.133. The summed E-state index contributed by atoms with van der Waals surface area (Å²) in [4.78, 5) is 13.9. The van der Waals surface area contributed by atoms with Crippen molar-refractivity contribution in [2.75, 3.05) is 5.32 Å². The normalized spacial score (nSPS) is 13.2. The Kier molecular flexibility index (Phi) is 3.44. The summed E-state index contributed by atoms with van der Waals surface area (Å²) in [5.74, 6) is -0.366. The fourth-order valence-electron chi connectivity index (χ4n) is 2.29. The van der Waals surface area contributed by atoms with Gasteiger partial charge in [-0.3, -0.25) is 0 Å². The van der Waals surface area contributed by atoms with Gasteiger partial charge in [0.25, 0.3) is 0 Å². The van der Waals surface area contributed by atoms with Gasteiger partial charge in [0.15, 0.2) is 0 Å². The number of carbonyl (C=O) groups is 1. The van der Waals surface area contributed by atoms with E-state index in [1.54, 1.807) is 17.0 Å². The molecule has 0 saturated heterocycles. The Balaban J connectivity index is 1.73. The first-order valence-corrected chi connectivity index (χ1v) is 7.00. The number of anilines is 1. The molecule has 20 heavy (non-hydrogen) atoms. The lowest BCUT2D eigenvalue weighted by atomic mass is 10.1. The minimum Gasteiger partial charge on any atom is -0.316 e. The van der Waals surface area contributed by atoms with E-state index in [1.807, 2.05) is 18.2 Å². The molecule has 1 N–H and O–H groups in total. The van der Waals surface area contributed by atoms with Crippen molar-refractivity contribution < 1.29 is 9.18 Å². The van der Waals surface area contributed by atoms with Crippen molar-refractivity contribution in [1.29, 1.82) is 0 Å². The molecule has 0 fully saturated rings. The number of halogens is 2. The molecule has 0 atom stereocenters. The van der Waals surface area contributed by atoms with Gasteiger partial charge in [-0.2, -0.15) is 0 Å². The molecule has 5 heteroatoms. The van der Waals surface area contributed by atoms with E-state index in [9.17, 15) is 9.18 Å². The number of nitrogens with zero attached hydrogens (tertiary/aromatic N) is 1. The summed E-state index contributed by atoms with van der Waals surface area (Å²) < 4.78 is 14.1. The number of rotatable bonds is 1. The van der Waals surface area contributed by atoms with Crippen LogP contribution in [0.2, 0.25) is 0 Å². The maximum absolute atomic E-state index is 13.1. The summed E-state index contributed by atoms with van der Waals surface area (Å²) in [6, 6.07) is 11.6. The van der Waals surface area contributed by atoms with Crippen molar-refractivity contribution in [3.05, 3.63) is 63.9 Å². The average Bonchev–Trinajstić information content (AvgIpc) is 2.84. The van der Waals surface area contributed by atoms with Gasteiger partial charge in [0, 0.05) is 23.2 Å². The first-order chi connectivity index (χ1) is 9.63. The third-order valence-electron chi connectivity index (χ3n) is 3.29. The van der Waals surface area contributed by atoms with Crippen LogP contribution in [0.4, 0.5) is 14.9 Å². The number of carbonyl (C=O) groups excluding carboxylic acids is 1. The lowest BCUT2D eigenvalue weighted by Crippen LogP contribution is -2.30. The molecular formula is C15H12BrFN2O. The zero-order valence-corrected chi connectivity index (χ0v) is 12.2. The lowest BCUT2D eigenvalue weighted by Gasteiger charge is -2.16. The minimum atomic E-state index is -0.366. The SMILES string of the molecule is O=C(Nc1cccc(F)c1)N1Cc2cccc(Br)c2C1. The summed E-state index contributed by atoms with van der Waals surface area (Å²) in [7, 11) is 0. The van der Waals surface area contributed by atoms with E-state index in [-0.39, 0.29) is 11.8 Å². The highest BCUT2D eigenvalue weighted by molar-refractivity contribution is 9.10. The van der Waals surface area contributed by atoms with Crippen LogP contribution in [0.25, 0.3) is 0 Å². The summed E-state index contributed by atoms with van der Waals surface area (Å²) in [6.07, 6.45) is 0. The molecule has 0 unspecified atom stereocenters. The van der Waals surface area contributed by atoms with Gasteiger partial charge in [0.05, 0.1) is 0 Å². The van der Waals surface area contributed by atoms with Crippen LogP contribution in [-0.2, 0) is 13.1 Å². The predicted molar refractivity (Wildman–Crippen MR) is 78.8 cm³/mol. The monoisotopic (exact) mass is 334 g/mol. The Labute approximate surface area is 124 Å². The Morgan fingerprint density at radius 3 is 2.75 bits per heavy atom. The van der Waals surface area contributed by atoms with E-state index < -0.39 is 0 Å². The summed E-state index contributed by atoms with van der Waals surface area (Å²) in [5.41, 5.74) is 2.72. The van der Waals surface area contributed by atoms with E-state index in [2.05, 4.69) is 21.2 Å². The molecule has 0 aromatic heterocycles. The number of nitrogens with one attached hydrogen (secondary N) is 1. The Morgan fingerprint density at radius 2 is 2.00 bits per heavy atom. The van der Waals surface area contributed by atoms with Crippen LogP contribution in [0.3, 0.4) is 0 Å². The highest BCUT2D eigenvalue weighted by Gasteiger charge is 2.24. The number of benzene rings is 2. The number of urea groups is 1. The van der Waals surface area contributed by atoms with Gasteiger partial charge in [-0.25, -0.2) is 9.18 Å². The molecular weight excluding hydrogens is 323 g/mol. The van der Waals surface area contributed by atoms with E-state index in [0.717, 1.165) is 15.6 Å². The van der Waals surface area contributed by atoms with Gasteiger partial charge in [-0.05, 0) is 35.4 Å². The summed E-state index contributed by atoms with van der Waals surface area (Å²) in [6.45, 7) is 1.12. The molecule has 102 valence electrons. The molecule has 0 spiro atoms. The molecule has 0 saturated carbocycles. The predicted octanol–water partition coefficient (Wildman–Crippen LogP) is 4.14. The molecule has 0 bridgehead atoms. The van der Waals surface area contributed by atoms with Crippen molar-refractivity contribution in [2.45, 2.75) is 13.1 Å². The van der Waals surface area contributed by atoms with Crippen molar-refractivity contribution in [3.8, 4) is 0 Å². The quantitative estimate of drug-likeness (QED) is 0.835. The molecule has 2 aromatic carbocycles. The van der Waals surface area contributed by atoms with Crippen LogP contribution in [0.15, 0.2) is 46.9 Å². The standard InChI is InChI=1S/C15H12BrFN2O/c16-14-6-1-3-10-8-19(9-13(10)14)15(20)18-12-5-2-4-11(17)7-12/h1-7H,8-9H2,(H,18,20). The molecule has 1 aliphatic rings. The zero-order valence-electron chi connectivity index (χ0n) is 10.6. The second-order valence-electron chi connectivity index (χ2n) is 4.67. The van der Waals surface area contributed by atoms with Crippen molar-refractivity contribution in [2.24, 2.45) is 0 Å². The average molecular weight is 335 g/mol. The number of hydrogen-bond acceptors (Lipinski definition) is 1. The first-order valence-electron chi connectivity index (χ1n) is 6.21. The lowest BCUT2D eigenvalue weighted by molar-refractivity contribution is 0.212. The number of fused-ring (bicyclic) bond motifs is 1. The molecule has 1 aliphatic heterocycles. The van der Waals surface area contributed by atoms with E-state index >= 15 is 0 Å². The van der Waals surface area contributed by atoms with E-state index in [4.69, 9.17) is 0 Å². The zero-order chi connectivity index (χ0) is 14.1.